The number of methoxy groups -OCH3 is 1. The fourth-order valence-corrected chi connectivity index (χ4v) is 4.30. The standard InChI is InChI=1S/C28H25FN4O3/c1-17-5-4-6-21(15-17)26-31-27(36-32-26)24-18(2)33(16-19-7-13-23(35-3)14-8-19)28(34)30-25(24)20-9-11-22(29)12-10-20/h4-15,25H,16H2,1-3H3,(H,30,34). The van der Waals surface area contributed by atoms with Crippen LogP contribution in [0.2, 0.25) is 0 Å². The van der Waals surface area contributed by atoms with Crippen LogP contribution in [0.15, 0.2) is 83.0 Å². The summed E-state index contributed by atoms with van der Waals surface area (Å²) in [6.07, 6.45) is 0. The summed E-state index contributed by atoms with van der Waals surface area (Å²) in [5.41, 5.74) is 4.87. The molecular formula is C28H25FN4O3. The van der Waals surface area contributed by atoms with Crippen LogP contribution in [0.1, 0.15) is 35.5 Å². The van der Waals surface area contributed by atoms with Gasteiger partial charge in [0.15, 0.2) is 0 Å². The molecule has 0 spiro atoms. The number of aromatic nitrogens is 2. The van der Waals surface area contributed by atoms with Gasteiger partial charge in [0.1, 0.15) is 11.6 Å². The van der Waals surface area contributed by atoms with E-state index in [4.69, 9.17) is 9.26 Å². The number of carbonyl (C=O) groups excluding carboxylic acids is 1. The Labute approximate surface area is 208 Å². The van der Waals surface area contributed by atoms with Crippen LogP contribution in [0.4, 0.5) is 9.18 Å². The molecule has 0 bridgehead atoms. The van der Waals surface area contributed by atoms with Gasteiger partial charge in [-0.2, -0.15) is 4.98 Å². The minimum absolute atomic E-state index is 0.278. The maximum atomic E-state index is 13.7. The molecule has 0 saturated heterocycles. The summed E-state index contributed by atoms with van der Waals surface area (Å²) in [6.45, 7) is 4.18. The van der Waals surface area contributed by atoms with Gasteiger partial charge in [-0.05, 0) is 55.3 Å². The number of hydrogen-bond acceptors (Lipinski definition) is 5. The summed E-state index contributed by atoms with van der Waals surface area (Å²) in [7, 11) is 1.61. The molecule has 182 valence electrons. The molecule has 3 aromatic carbocycles. The zero-order valence-electron chi connectivity index (χ0n) is 20.2. The van der Waals surface area contributed by atoms with Crippen LogP contribution in [0.25, 0.3) is 17.0 Å². The number of halogens is 1. The summed E-state index contributed by atoms with van der Waals surface area (Å²) in [6, 6.07) is 20.5. The van der Waals surface area contributed by atoms with Crippen molar-refractivity contribution in [3.63, 3.8) is 0 Å². The second-order valence-electron chi connectivity index (χ2n) is 8.66. The molecule has 1 atom stereocenters. The molecule has 0 saturated carbocycles. The first-order chi connectivity index (χ1) is 17.4. The highest BCUT2D eigenvalue weighted by atomic mass is 19.1. The number of amides is 2. The van der Waals surface area contributed by atoms with Gasteiger partial charge in [-0.25, -0.2) is 9.18 Å². The Bertz CT molecular complexity index is 1430. The number of aryl methyl sites for hydroxylation is 1. The molecule has 0 radical (unpaired) electrons. The molecule has 7 nitrogen and oxygen atoms in total. The van der Waals surface area contributed by atoms with Crippen molar-refractivity contribution in [2.45, 2.75) is 26.4 Å². The van der Waals surface area contributed by atoms with Gasteiger partial charge in [0.2, 0.25) is 5.82 Å². The summed E-state index contributed by atoms with van der Waals surface area (Å²) in [5.74, 6) is 1.12. The maximum absolute atomic E-state index is 13.7. The molecule has 5 rings (SSSR count). The van der Waals surface area contributed by atoms with Crippen LogP contribution in [-0.4, -0.2) is 28.2 Å². The molecule has 1 unspecified atom stereocenters. The highest BCUT2D eigenvalue weighted by molar-refractivity contribution is 5.86. The summed E-state index contributed by atoms with van der Waals surface area (Å²) in [4.78, 5) is 19.5. The minimum Gasteiger partial charge on any atom is -0.497 e. The summed E-state index contributed by atoms with van der Waals surface area (Å²) < 4.78 is 24.6. The normalized spacial score (nSPS) is 15.7. The Morgan fingerprint density at radius 2 is 1.81 bits per heavy atom. The van der Waals surface area contributed by atoms with Crippen LogP contribution in [0.3, 0.4) is 0 Å². The zero-order chi connectivity index (χ0) is 25.2. The molecule has 0 aliphatic carbocycles. The number of allylic oxidation sites excluding steroid dienone is 1. The molecule has 1 aliphatic rings. The predicted molar refractivity (Wildman–Crippen MR) is 133 cm³/mol. The van der Waals surface area contributed by atoms with E-state index < -0.39 is 6.04 Å². The molecular weight excluding hydrogens is 459 g/mol. The third-order valence-electron chi connectivity index (χ3n) is 6.23. The van der Waals surface area contributed by atoms with E-state index in [1.54, 1.807) is 24.1 Å². The van der Waals surface area contributed by atoms with E-state index in [-0.39, 0.29) is 17.7 Å². The maximum Gasteiger partial charge on any atom is 0.322 e. The number of ether oxygens (including phenoxy) is 1. The van der Waals surface area contributed by atoms with Crippen molar-refractivity contribution in [3.05, 3.63) is 107 Å². The molecule has 8 heteroatoms. The SMILES string of the molecule is COc1ccc(CN2C(=O)NC(c3ccc(F)cc3)C(c3nc(-c4cccc(C)c4)no3)=C2C)cc1. The lowest BCUT2D eigenvalue weighted by Crippen LogP contribution is -2.45. The van der Waals surface area contributed by atoms with Crippen LogP contribution in [0, 0.1) is 12.7 Å². The molecule has 1 N–H and O–H groups in total. The first-order valence-electron chi connectivity index (χ1n) is 11.5. The van der Waals surface area contributed by atoms with E-state index in [0.717, 1.165) is 22.4 Å². The fourth-order valence-electron chi connectivity index (χ4n) is 4.30. The second-order valence-corrected chi connectivity index (χ2v) is 8.66. The monoisotopic (exact) mass is 484 g/mol. The fraction of sp³-hybridized carbons (Fsp3) is 0.179. The van der Waals surface area contributed by atoms with Gasteiger partial charge in [-0.15, -0.1) is 0 Å². The molecule has 2 amide bonds. The van der Waals surface area contributed by atoms with Crippen molar-refractivity contribution < 1.29 is 18.4 Å². The Kier molecular flexibility index (Phi) is 6.25. The van der Waals surface area contributed by atoms with Crippen molar-refractivity contribution in [3.8, 4) is 17.1 Å². The zero-order valence-corrected chi connectivity index (χ0v) is 20.2. The van der Waals surface area contributed by atoms with Gasteiger partial charge in [0.25, 0.3) is 5.89 Å². The number of urea groups is 1. The van der Waals surface area contributed by atoms with E-state index in [1.807, 2.05) is 62.4 Å². The van der Waals surface area contributed by atoms with Gasteiger partial charge in [0.05, 0.1) is 25.3 Å². The van der Waals surface area contributed by atoms with Gasteiger partial charge in [-0.3, -0.25) is 4.90 Å². The van der Waals surface area contributed by atoms with Crippen LogP contribution < -0.4 is 10.1 Å². The van der Waals surface area contributed by atoms with Gasteiger partial charge >= 0.3 is 6.03 Å². The number of hydrogen-bond donors (Lipinski definition) is 1. The van der Waals surface area contributed by atoms with Crippen LogP contribution in [-0.2, 0) is 6.54 Å². The van der Waals surface area contributed by atoms with Crippen molar-refractivity contribution in [1.29, 1.82) is 0 Å². The quantitative estimate of drug-likeness (QED) is 0.369. The topological polar surface area (TPSA) is 80.5 Å². The lowest BCUT2D eigenvalue weighted by Gasteiger charge is -2.35. The number of carbonyl (C=O) groups is 1. The molecule has 4 aromatic rings. The molecule has 36 heavy (non-hydrogen) atoms. The van der Waals surface area contributed by atoms with E-state index in [0.29, 0.717) is 29.2 Å². The van der Waals surface area contributed by atoms with E-state index in [9.17, 15) is 9.18 Å². The molecule has 2 heterocycles. The van der Waals surface area contributed by atoms with Crippen molar-refractivity contribution >= 4 is 11.6 Å². The number of rotatable bonds is 6. The Morgan fingerprint density at radius 3 is 2.50 bits per heavy atom. The van der Waals surface area contributed by atoms with Crippen LogP contribution >= 0.6 is 0 Å². The Balaban J connectivity index is 1.57. The minimum atomic E-state index is -0.587. The molecule has 0 fully saturated rings. The lowest BCUT2D eigenvalue weighted by molar-refractivity contribution is 0.203. The predicted octanol–water partition coefficient (Wildman–Crippen LogP) is 5.89. The van der Waals surface area contributed by atoms with E-state index in [2.05, 4.69) is 15.5 Å². The number of nitrogens with zero attached hydrogens (tertiary/aromatic N) is 3. The number of benzene rings is 3. The number of nitrogens with one attached hydrogen (secondary N) is 1. The molecule has 1 aromatic heterocycles. The van der Waals surface area contributed by atoms with Crippen molar-refractivity contribution in [2.24, 2.45) is 0 Å². The average molecular weight is 485 g/mol. The highest BCUT2D eigenvalue weighted by Crippen LogP contribution is 2.38. The summed E-state index contributed by atoms with van der Waals surface area (Å²) >= 11 is 0. The third-order valence-corrected chi connectivity index (χ3v) is 6.23. The Hall–Kier alpha value is -4.46. The third kappa shape index (κ3) is 4.57. The van der Waals surface area contributed by atoms with Crippen LogP contribution in [0.5, 0.6) is 5.75 Å². The smallest absolute Gasteiger partial charge is 0.322 e. The highest BCUT2D eigenvalue weighted by Gasteiger charge is 2.35. The van der Waals surface area contributed by atoms with Gasteiger partial charge < -0.3 is 14.6 Å². The van der Waals surface area contributed by atoms with Crippen molar-refractivity contribution in [1.82, 2.24) is 20.4 Å². The van der Waals surface area contributed by atoms with Gasteiger partial charge in [0, 0.05) is 11.3 Å². The Morgan fingerprint density at radius 1 is 1.06 bits per heavy atom. The average Bonchev–Trinajstić information content (AvgIpc) is 3.37. The molecule has 1 aliphatic heterocycles. The first-order valence-corrected chi connectivity index (χ1v) is 11.5. The second kappa shape index (κ2) is 9.65. The van der Waals surface area contributed by atoms with E-state index in [1.165, 1.54) is 12.1 Å². The lowest BCUT2D eigenvalue weighted by atomic mass is 9.94. The first kappa shape index (κ1) is 23.3. The van der Waals surface area contributed by atoms with Gasteiger partial charge in [-0.1, -0.05) is 53.2 Å². The van der Waals surface area contributed by atoms with Crippen molar-refractivity contribution in [2.75, 3.05) is 7.11 Å². The summed E-state index contributed by atoms with van der Waals surface area (Å²) in [5, 5.41) is 7.24. The largest absolute Gasteiger partial charge is 0.497 e. The van der Waals surface area contributed by atoms with E-state index >= 15 is 0 Å².